The van der Waals surface area contributed by atoms with Crippen LogP contribution in [0.2, 0.25) is 0 Å². The Morgan fingerprint density at radius 1 is 1.58 bits per heavy atom. The van der Waals surface area contributed by atoms with Gasteiger partial charge in [0.2, 0.25) is 0 Å². The molecule has 0 atom stereocenters. The van der Waals surface area contributed by atoms with Gasteiger partial charge in [0.1, 0.15) is 15.5 Å². The van der Waals surface area contributed by atoms with E-state index in [0.29, 0.717) is 18.8 Å². The van der Waals surface area contributed by atoms with Crippen LogP contribution in [0.15, 0.2) is 23.5 Å². The smallest absolute Gasteiger partial charge is 0.188 e. The van der Waals surface area contributed by atoms with Crippen LogP contribution >= 0.6 is 0 Å². The van der Waals surface area contributed by atoms with Gasteiger partial charge in [-0.15, -0.1) is 0 Å². The van der Waals surface area contributed by atoms with E-state index in [1.807, 2.05) is 11.9 Å². The van der Waals surface area contributed by atoms with Crippen LogP contribution in [0.4, 0.5) is 0 Å². The normalized spacial score (nSPS) is 12.9. The van der Waals surface area contributed by atoms with Gasteiger partial charge < -0.3 is 15.8 Å². The van der Waals surface area contributed by atoms with Gasteiger partial charge in [0, 0.05) is 25.5 Å². The second kappa shape index (κ2) is 6.48. The first-order valence-electron chi connectivity index (χ1n) is 5.61. The van der Waals surface area contributed by atoms with Gasteiger partial charge in [0.05, 0.1) is 5.75 Å². The molecule has 7 nitrogen and oxygen atoms in total. The molecule has 1 aromatic heterocycles. The summed E-state index contributed by atoms with van der Waals surface area (Å²) in [5.74, 6) is 0.0578. The minimum absolute atomic E-state index is 0.0550. The molecule has 1 rings (SSSR count). The van der Waals surface area contributed by atoms with Gasteiger partial charge >= 0.3 is 0 Å². The molecule has 106 valence electrons. The first-order valence-corrected chi connectivity index (χ1v) is 7.67. The molecular weight excluding hydrogens is 268 g/mol. The first kappa shape index (κ1) is 15.4. The van der Waals surface area contributed by atoms with Crippen LogP contribution < -0.4 is 5.73 Å². The van der Waals surface area contributed by atoms with Gasteiger partial charge in [0.25, 0.3) is 0 Å². The van der Waals surface area contributed by atoms with E-state index in [2.05, 4.69) is 10.1 Å². The molecule has 19 heavy (non-hydrogen) atoms. The van der Waals surface area contributed by atoms with Crippen molar-refractivity contribution in [3.05, 3.63) is 29.6 Å². The molecule has 8 heteroatoms. The van der Waals surface area contributed by atoms with Gasteiger partial charge in [0.15, 0.2) is 5.84 Å². The second-order valence-corrected chi connectivity index (χ2v) is 6.66. The molecule has 0 aliphatic heterocycles. The van der Waals surface area contributed by atoms with E-state index in [1.165, 1.54) is 6.26 Å². The van der Waals surface area contributed by atoms with E-state index >= 15 is 0 Å². The third-order valence-corrected chi connectivity index (χ3v) is 3.41. The largest absolute Gasteiger partial charge is 0.409 e. The maximum Gasteiger partial charge on any atom is 0.188 e. The number of oxime groups is 1. The van der Waals surface area contributed by atoms with E-state index < -0.39 is 9.84 Å². The zero-order valence-corrected chi connectivity index (χ0v) is 11.8. The fourth-order valence-electron chi connectivity index (χ4n) is 1.48. The molecule has 0 spiro atoms. The Balaban J connectivity index is 2.67. The quantitative estimate of drug-likeness (QED) is 0.320. The monoisotopic (exact) mass is 286 g/mol. The molecule has 0 saturated heterocycles. The second-order valence-electron chi connectivity index (χ2n) is 4.40. The topological polar surface area (TPSA) is 109 Å². The predicted octanol–water partition coefficient (Wildman–Crippen LogP) is -0.347. The minimum atomic E-state index is -2.96. The van der Waals surface area contributed by atoms with Gasteiger partial charge in [-0.3, -0.25) is 4.98 Å². The van der Waals surface area contributed by atoms with Crippen LogP contribution in [-0.2, 0) is 16.4 Å². The van der Waals surface area contributed by atoms with Crippen LogP contribution in [-0.4, -0.2) is 54.9 Å². The van der Waals surface area contributed by atoms with Crippen molar-refractivity contribution in [1.29, 1.82) is 0 Å². The number of hydrogen-bond acceptors (Lipinski definition) is 6. The Labute approximate surface area is 112 Å². The molecule has 0 radical (unpaired) electrons. The Bertz CT molecular complexity index is 557. The SMILES string of the molecule is CN(CCS(C)(=O)=O)Cc1ccnc(C(N)=NO)c1. The van der Waals surface area contributed by atoms with Crippen molar-refractivity contribution in [3.8, 4) is 0 Å². The Hall–Kier alpha value is -1.67. The lowest BCUT2D eigenvalue weighted by molar-refractivity contribution is 0.318. The van der Waals surface area contributed by atoms with E-state index in [-0.39, 0.29) is 11.6 Å². The third-order valence-electron chi connectivity index (χ3n) is 2.49. The maximum absolute atomic E-state index is 11.1. The molecule has 0 saturated carbocycles. The van der Waals surface area contributed by atoms with Crippen molar-refractivity contribution in [2.75, 3.05) is 25.6 Å². The van der Waals surface area contributed by atoms with Crippen molar-refractivity contribution in [3.63, 3.8) is 0 Å². The van der Waals surface area contributed by atoms with Gasteiger partial charge in [-0.25, -0.2) is 8.42 Å². The molecule has 1 aromatic rings. The predicted molar refractivity (Wildman–Crippen MR) is 72.8 cm³/mol. The Kier molecular flexibility index (Phi) is 5.25. The van der Waals surface area contributed by atoms with Crippen LogP contribution in [0, 0.1) is 0 Å². The van der Waals surface area contributed by atoms with Crippen LogP contribution in [0.1, 0.15) is 11.3 Å². The summed E-state index contributed by atoms with van der Waals surface area (Å²) in [5.41, 5.74) is 6.75. The summed E-state index contributed by atoms with van der Waals surface area (Å²) in [5, 5.41) is 11.5. The van der Waals surface area contributed by atoms with Crippen molar-refractivity contribution in [1.82, 2.24) is 9.88 Å². The highest BCUT2D eigenvalue weighted by Gasteiger charge is 2.08. The summed E-state index contributed by atoms with van der Waals surface area (Å²) in [6.45, 7) is 1.00. The van der Waals surface area contributed by atoms with E-state index in [0.717, 1.165) is 5.56 Å². The van der Waals surface area contributed by atoms with E-state index in [9.17, 15) is 8.42 Å². The van der Waals surface area contributed by atoms with Crippen LogP contribution in [0.25, 0.3) is 0 Å². The number of aromatic nitrogens is 1. The maximum atomic E-state index is 11.1. The van der Waals surface area contributed by atoms with Crippen LogP contribution in [0.3, 0.4) is 0 Å². The van der Waals surface area contributed by atoms with E-state index in [4.69, 9.17) is 10.9 Å². The minimum Gasteiger partial charge on any atom is -0.409 e. The zero-order valence-electron chi connectivity index (χ0n) is 10.9. The summed E-state index contributed by atoms with van der Waals surface area (Å²) in [7, 11) is -1.14. The highest BCUT2D eigenvalue weighted by atomic mass is 32.2. The lowest BCUT2D eigenvalue weighted by atomic mass is 10.2. The van der Waals surface area contributed by atoms with Crippen molar-refractivity contribution in [2.24, 2.45) is 10.9 Å². The molecule has 0 aromatic carbocycles. The van der Waals surface area contributed by atoms with Gasteiger partial charge in [-0.05, 0) is 24.7 Å². The number of nitrogens with two attached hydrogens (primary N) is 1. The summed E-state index contributed by atoms with van der Waals surface area (Å²) in [6, 6.07) is 3.50. The summed E-state index contributed by atoms with van der Waals surface area (Å²) >= 11 is 0. The average molecular weight is 286 g/mol. The summed E-state index contributed by atoms with van der Waals surface area (Å²) in [6.07, 6.45) is 2.77. The van der Waals surface area contributed by atoms with E-state index in [1.54, 1.807) is 18.3 Å². The first-order chi connectivity index (χ1) is 8.81. The molecule has 0 bridgehead atoms. The number of rotatable bonds is 6. The molecular formula is C11H18N4O3S. The van der Waals surface area contributed by atoms with Gasteiger partial charge in [-0.2, -0.15) is 0 Å². The fraction of sp³-hybridized carbons (Fsp3) is 0.455. The standard InChI is InChI=1S/C11H18N4O3S/c1-15(5-6-19(2,17)18)8-9-3-4-13-10(7-9)11(12)14-16/h3-4,7,16H,5-6,8H2,1-2H3,(H2,12,14). The third kappa shape index (κ3) is 5.66. The van der Waals surface area contributed by atoms with Crippen molar-refractivity contribution in [2.45, 2.75) is 6.54 Å². The molecule has 0 unspecified atom stereocenters. The zero-order chi connectivity index (χ0) is 14.5. The lowest BCUT2D eigenvalue weighted by Gasteiger charge is -2.16. The average Bonchev–Trinajstić information content (AvgIpc) is 2.35. The fourth-order valence-corrected chi connectivity index (χ4v) is 2.12. The number of sulfone groups is 1. The number of nitrogens with zero attached hydrogens (tertiary/aromatic N) is 3. The number of hydrogen-bond donors (Lipinski definition) is 2. The molecule has 3 N–H and O–H groups in total. The molecule has 0 fully saturated rings. The number of amidine groups is 1. The molecule has 0 aliphatic carbocycles. The highest BCUT2D eigenvalue weighted by Crippen LogP contribution is 2.05. The summed E-state index contributed by atoms with van der Waals surface area (Å²) < 4.78 is 22.1. The summed E-state index contributed by atoms with van der Waals surface area (Å²) in [4.78, 5) is 5.85. The van der Waals surface area contributed by atoms with Crippen molar-refractivity contribution >= 4 is 15.7 Å². The molecule has 1 heterocycles. The molecule has 0 aliphatic rings. The number of pyridine rings is 1. The van der Waals surface area contributed by atoms with Crippen LogP contribution in [0.5, 0.6) is 0 Å². The van der Waals surface area contributed by atoms with Gasteiger partial charge in [-0.1, -0.05) is 5.16 Å². The Morgan fingerprint density at radius 2 is 2.26 bits per heavy atom. The highest BCUT2D eigenvalue weighted by molar-refractivity contribution is 7.90. The molecule has 0 amide bonds. The van der Waals surface area contributed by atoms with Crippen molar-refractivity contribution < 1.29 is 13.6 Å². The lowest BCUT2D eigenvalue weighted by Crippen LogP contribution is -2.25. The Morgan fingerprint density at radius 3 is 2.84 bits per heavy atom.